The molecule has 17 heavy (non-hydrogen) atoms. The maximum Gasteiger partial charge on any atom is 0.0927 e. The Labute approximate surface area is 106 Å². The number of nitrogens with zero attached hydrogens (tertiary/aromatic N) is 1. The van der Waals surface area contributed by atoms with Crippen LogP contribution in [-0.2, 0) is 0 Å². The third kappa shape index (κ3) is 2.75. The lowest BCUT2D eigenvalue weighted by molar-refractivity contribution is 1.53. The first kappa shape index (κ1) is 11.4. The zero-order chi connectivity index (χ0) is 12.1. The van der Waals surface area contributed by atoms with Gasteiger partial charge in [0.25, 0.3) is 0 Å². The maximum absolute atomic E-state index is 8.52. The number of hydrogen-bond acceptors (Lipinski definition) is 1. The molecule has 1 nitrogen and oxygen atoms in total. The van der Waals surface area contributed by atoms with Crippen molar-refractivity contribution in [3.05, 3.63) is 66.2 Å². The van der Waals surface area contributed by atoms with Crippen LogP contribution in [0.4, 0.5) is 0 Å². The van der Waals surface area contributed by atoms with Gasteiger partial charge < -0.3 is 0 Å². The van der Waals surface area contributed by atoms with Crippen LogP contribution in [0.5, 0.6) is 0 Å². The predicted octanol–water partition coefficient (Wildman–Crippen LogP) is 4.46. The molecule has 2 aromatic carbocycles. The van der Waals surface area contributed by atoms with Crippen LogP contribution in [0.15, 0.2) is 60.7 Å². The van der Waals surface area contributed by atoms with E-state index in [2.05, 4.69) is 12.1 Å². The summed E-state index contributed by atoms with van der Waals surface area (Å²) < 4.78 is 0. The molecule has 0 aliphatic rings. The maximum atomic E-state index is 8.52. The van der Waals surface area contributed by atoms with Crippen molar-refractivity contribution in [3.63, 3.8) is 0 Å². The third-order valence-electron chi connectivity index (χ3n) is 2.46. The summed E-state index contributed by atoms with van der Waals surface area (Å²) in [6, 6.07) is 19.9. The van der Waals surface area contributed by atoms with Crippen LogP contribution < -0.4 is 0 Å². The Bertz CT molecular complexity index is 562. The monoisotopic (exact) mass is 239 g/mol. The van der Waals surface area contributed by atoms with Crippen LogP contribution in [0.1, 0.15) is 5.56 Å². The summed E-state index contributed by atoms with van der Waals surface area (Å²) in [6.45, 7) is 0. The van der Waals surface area contributed by atoms with Gasteiger partial charge in [0.05, 0.1) is 11.1 Å². The molecule has 0 heterocycles. The summed E-state index contributed by atoms with van der Waals surface area (Å²) in [4.78, 5) is 0. The lowest BCUT2D eigenvalue weighted by Gasteiger charge is -2.03. The molecule has 0 aliphatic heterocycles. The van der Waals surface area contributed by atoms with Crippen LogP contribution in [0, 0.1) is 11.3 Å². The normalized spacial score (nSPS) is 10.9. The van der Waals surface area contributed by atoms with E-state index in [4.69, 9.17) is 16.9 Å². The number of halogens is 1. The minimum Gasteiger partial charge on any atom is -0.193 e. The Kier molecular flexibility index (Phi) is 3.59. The third-order valence-corrected chi connectivity index (χ3v) is 2.79. The molecule has 0 unspecified atom stereocenters. The van der Waals surface area contributed by atoms with Gasteiger partial charge in [0, 0.05) is 6.08 Å². The highest BCUT2D eigenvalue weighted by atomic mass is 35.5. The molecule has 2 rings (SSSR count). The predicted molar refractivity (Wildman–Crippen MR) is 71.3 cm³/mol. The van der Waals surface area contributed by atoms with Gasteiger partial charge in [0.2, 0.25) is 0 Å². The van der Waals surface area contributed by atoms with E-state index in [1.165, 1.54) is 11.6 Å². The average molecular weight is 240 g/mol. The second-order valence-electron chi connectivity index (χ2n) is 3.56. The van der Waals surface area contributed by atoms with E-state index in [0.717, 1.165) is 11.1 Å². The number of rotatable bonds is 2. The fourth-order valence-corrected chi connectivity index (χ4v) is 1.77. The Morgan fingerprint density at radius 1 is 0.941 bits per heavy atom. The molecule has 0 saturated carbocycles. The van der Waals surface area contributed by atoms with Gasteiger partial charge in [-0.25, -0.2) is 0 Å². The molecule has 0 aromatic heterocycles. The molecule has 0 N–H and O–H groups in total. The molecule has 0 atom stereocenters. The zero-order valence-electron chi connectivity index (χ0n) is 9.10. The molecular weight excluding hydrogens is 230 g/mol. The lowest BCUT2D eigenvalue weighted by Crippen LogP contribution is -1.80. The van der Waals surface area contributed by atoms with E-state index in [1.807, 2.05) is 48.5 Å². The Balaban J connectivity index is 2.32. The van der Waals surface area contributed by atoms with E-state index < -0.39 is 0 Å². The van der Waals surface area contributed by atoms with Crippen molar-refractivity contribution < 1.29 is 0 Å². The van der Waals surface area contributed by atoms with Crippen LogP contribution >= 0.6 is 11.6 Å². The number of benzene rings is 2. The second-order valence-corrected chi connectivity index (χ2v) is 3.97. The minimum atomic E-state index is 0.465. The van der Waals surface area contributed by atoms with Gasteiger partial charge in [-0.15, -0.1) is 0 Å². The molecular formula is C15H10ClN. The smallest absolute Gasteiger partial charge is 0.0927 e. The van der Waals surface area contributed by atoms with Crippen LogP contribution in [0.3, 0.4) is 0 Å². The first-order chi connectivity index (χ1) is 8.31. The van der Waals surface area contributed by atoms with Gasteiger partial charge in [0.1, 0.15) is 0 Å². The Morgan fingerprint density at radius 3 is 2.12 bits per heavy atom. The average Bonchev–Trinajstić information content (AvgIpc) is 2.40. The fourth-order valence-electron chi connectivity index (χ4n) is 1.59. The summed E-state index contributed by atoms with van der Waals surface area (Å²) in [7, 11) is 0. The van der Waals surface area contributed by atoms with Gasteiger partial charge in [-0.05, 0) is 16.7 Å². The molecule has 0 fully saturated rings. The van der Waals surface area contributed by atoms with Crippen molar-refractivity contribution in [2.75, 3.05) is 0 Å². The largest absolute Gasteiger partial charge is 0.193 e. The van der Waals surface area contributed by atoms with Gasteiger partial charge in [-0.1, -0.05) is 66.2 Å². The molecule has 82 valence electrons. The summed E-state index contributed by atoms with van der Waals surface area (Å²) in [5.74, 6) is 0. The first-order valence-corrected chi connectivity index (χ1v) is 5.60. The number of hydrogen-bond donors (Lipinski definition) is 0. The van der Waals surface area contributed by atoms with Gasteiger partial charge in [-0.3, -0.25) is 0 Å². The number of nitriles is 1. The van der Waals surface area contributed by atoms with Crippen LogP contribution in [-0.4, -0.2) is 0 Å². The Hall–Kier alpha value is -2.04. The quantitative estimate of drug-likeness (QED) is 0.710. The highest BCUT2D eigenvalue weighted by Gasteiger charge is 1.99. The minimum absolute atomic E-state index is 0.465. The Morgan fingerprint density at radius 2 is 1.53 bits per heavy atom. The van der Waals surface area contributed by atoms with E-state index in [9.17, 15) is 0 Å². The molecule has 0 bridgehead atoms. The molecule has 2 heteroatoms. The van der Waals surface area contributed by atoms with Crippen molar-refractivity contribution in [2.45, 2.75) is 0 Å². The molecule has 0 spiro atoms. The number of allylic oxidation sites excluding steroid dienone is 1. The zero-order valence-corrected chi connectivity index (χ0v) is 9.85. The fraction of sp³-hybridized carbons (Fsp3) is 0. The van der Waals surface area contributed by atoms with Crippen molar-refractivity contribution in [1.29, 1.82) is 5.26 Å². The molecule has 0 aliphatic carbocycles. The standard InChI is InChI=1S/C15H10ClN/c16-15(10-11-17)14-8-6-13(7-9-14)12-4-2-1-3-5-12/h1-10H/b15-10-. The van der Waals surface area contributed by atoms with E-state index in [1.54, 1.807) is 0 Å². The van der Waals surface area contributed by atoms with Crippen molar-refractivity contribution in [3.8, 4) is 17.2 Å². The summed E-state index contributed by atoms with van der Waals surface area (Å²) in [5.41, 5.74) is 3.16. The van der Waals surface area contributed by atoms with E-state index in [0.29, 0.717) is 5.03 Å². The van der Waals surface area contributed by atoms with Crippen molar-refractivity contribution >= 4 is 16.6 Å². The summed E-state index contributed by atoms with van der Waals surface area (Å²) in [6.07, 6.45) is 1.33. The highest BCUT2D eigenvalue weighted by Crippen LogP contribution is 2.23. The topological polar surface area (TPSA) is 23.8 Å². The van der Waals surface area contributed by atoms with Crippen molar-refractivity contribution in [1.82, 2.24) is 0 Å². The lowest BCUT2D eigenvalue weighted by atomic mass is 10.0. The van der Waals surface area contributed by atoms with Crippen LogP contribution in [0.25, 0.3) is 16.2 Å². The van der Waals surface area contributed by atoms with Crippen LogP contribution in [0.2, 0.25) is 0 Å². The highest BCUT2D eigenvalue weighted by molar-refractivity contribution is 6.49. The van der Waals surface area contributed by atoms with E-state index in [-0.39, 0.29) is 0 Å². The summed E-state index contributed by atoms with van der Waals surface area (Å²) in [5, 5.41) is 8.98. The molecule has 0 saturated heterocycles. The van der Waals surface area contributed by atoms with E-state index >= 15 is 0 Å². The second kappa shape index (κ2) is 5.34. The summed E-state index contributed by atoms with van der Waals surface area (Å²) >= 11 is 5.94. The SMILES string of the molecule is N#C/C=C(\Cl)c1ccc(-c2ccccc2)cc1. The first-order valence-electron chi connectivity index (χ1n) is 5.22. The molecule has 0 radical (unpaired) electrons. The van der Waals surface area contributed by atoms with Gasteiger partial charge >= 0.3 is 0 Å². The van der Waals surface area contributed by atoms with Gasteiger partial charge in [-0.2, -0.15) is 5.26 Å². The molecule has 2 aromatic rings. The van der Waals surface area contributed by atoms with Gasteiger partial charge in [0.15, 0.2) is 0 Å². The molecule has 0 amide bonds. The van der Waals surface area contributed by atoms with Crippen molar-refractivity contribution in [2.24, 2.45) is 0 Å².